The molecule has 0 aromatic heterocycles. The Morgan fingerprint density at radius 3 is 2.52 bits per heavy atom. The van der Waals surface area contributed by atoms with Gasteiger partial charge in [-0.1, -0.05) is 33.6 Å². The maximum atomic E-state index is 12.4. The van der Waals surface area contributed by atoms with Crippen LogP contribution < -0.4 is 5.73 Å². The summed E-state index contributed by atoms with van der Waals surface area (Å²) in [5.41, 5.74) is 7.70. The number of anilines is 1. The molecule has 3 rings (SSSR count). The SMILES string of the molecule is Nc1cccc(Cl)c1CN1C(=O)c2ccc(Br)cc2C1=O. The summed E-state index contributed by atoms with van der Waals surface area (Å²) in [6, 6.07) is 10.1. The first-order valence-electron chi connectivity index (χ1n) is 6.17. The number of carbonyl (C=O) groups excluding carboxylic acids is 2. The molecule has 0 radical (unpaired) electrons. The molecule has 2 aromatic rings. The molecule has 6 heteroatoms. The Hall–Kier alpha value is -1.85. The second-order valence-electron chi connectivity index (χ2n) is 4.69. The van der Waals surface area contributed by atoms with Crippen molar-refractivity contribution in [2.24, 2.45) is 0 Å². The third kappa shape index (κ3) is 2.32. The highest BCUT2D eigenvalue weighted by atomic mass is 79.9. The lowest BCUT2D eigenvalue weighted by molar-refractivity contribution is 0.0643. The predicted octanol–water partition coefficient (Wildman–Crippen LogP) is 3.48. The summed E-state index contributed by atoms with van der Waals surface area (Å²) < 4.78 is 0.751. The van der Waals surface area contributed by atoms with Crippen LogP contribution >= 0.6 is 27.5 Å². The van der Waals surface area contributed by atoms with Crippen molar-refractivity contribution in [2.45, 2.75) is 6.54 Å². The first-order chi connectivity index (χ1) is 9.99. The zero-order valence-electron chi connectivity index (χ0n) is 10.8. The van der Waals surface area contributed by atoms with E-state index in [4.69, 9.17) is 17.3 Å². The summed E-state index contributed by atoms with van der Waals surface area (Å²) in [5, 5.41) is 0.438. The number of amides is 2. The average Bonchev–Trinajstić information content (AvgIpc) is 2.67. The maximum absolute atomic E-state index is 12.4. The van der Waals surface area contributed by atoms with E-state index in [9.17, 15) is 9.59 Å². The van der Waals surface area contributed by atoms with Gasteiger partial charge in [0.1, 0.15) is 0 Å². The summed E-state index contributed by atoms with van der Waals surface area (Å²) >= 11 is 9.40. The van der Waals surface area contributed by atoms with Gasteiger partial charge in [-0.25, -0.2) is 0 Å². The van der Waals surface area contributed by atoms with Crippen LogP contribution in [0.15, 0.2) is 40.9 Å². The average molecular weight is 366 g/mol. The van der Waals surface area contributed by atoms with Crippen LogP contribution in [0.2, 0.25) is 5.02 Å². The fourth-order valence-corrected chi connectivity index (χ4v) is 2.91. The number of nitrogens with two attached hydrogens (primary N) is 1. The van der Waals surface area contributed by atoms with Crippen LogP contribution in [0.25, 0.3) is 0 Å². The molecule has 1 aliphatic rings. The Bertz CT molecular complexity index is 756. The van der Waals surface area contributed by atoms with Gasteiger partial charge in [0.15, 0.2) is 0 Å². The molecule has 0 fully saturated rings. The van der Waals surface area contributed by atoms with Gasteiger partial charge in [0, 0.05) is 20.7 Å². The predicted molar refractivity (Wildman–Crippen MR) is 84.2 cm³/mol. The number of imide groups is 1. The summed E-state index contributed by atoms with van der Waals surface area (Å²) in [6.45, 7) is 0.0650. The van der Waals surface area contributed by atoms with Crippen molar-refractivity contribution in [3.05, 3.63) is 62.6 Å². The summed E-state index contributed by atoms with van der Waals surface area (Å²) in [7, 11) is 0. The van der Waals surface area contributed by atoms with Gasteiger partial charge in [-0.15, -0.1) is 0 Å². The number of carbonyl (C=O) groups is 2. The lowest BCUT2D eigenvalue weighted by Gasteiger charge is -2.16. The molecule has 0 saturated carbocycles. The minimum atomic E-state index is -0.337. The Labute approximate surface area is 134 Å². The quantitative estimate of drug-likeness (QED) is 0.654. The largest absolute Gasteiger partial charge is 0.398 e. The molecule has 0 saturated heterocycles. The van der Waals surface area contributed by atoms with E-state index < -0.39 is 0 Å². The second-order valence-corrected chi connectivity index (χ2v) is 6.02. The molecule has 2 amide bonds. The molecule has 2 N–H and O–H groups in total. The van der Waals surface area contributed by atoms with Gasteiger partial charge in [-0.3, -0.25) is 14.5 Å². The summed E-state index contributed by atoms with van der Waals surface area (Å²) in [4.78, 5) is 25.9. The van der Waals surface area contributed by atoms with Crippen molar-refractivity contribution >= 4 is 45.0 Å². The van der Waals surface area contributed by atoms with E-state index in [1.807, 2.05) is 0 Å². The number of nitrogen functional groups attached to an aromatic ring is 1. The number of nitrogens with zero attached hydrogens (tertiary/aromatic N) is 1. The molecule has 1 heterocycles. The molecule has 0 unspecified atom stereocenters. The fourth-order valence-electron chi connectivity index (χ4n) is 2.31. The van der Waals surface area contributed by atoms with E-state index in [2.05, 4.69) is 15.9 Å². The van der Waals surface area contributed by atoms with Crippen LogP contribution in [-0.4, -0.2) is 16.7 Å². The third-order valence-corrected chi connectivity index (χ3v) is 4.25. The van der Waals surface area contributed by atoms with E-state index >= 15 is 0 Å². The molecule has 0 aliphatic carbocycles. The maximum Gasteiger partial charge on any atom is 0.261 e. The number of halogens is 2. The normalized spacial score (nSPS) is 13.7. The highest BCUT2D eigenvalue weighted by molar-refractivity contribution is 9.10. The van der Waals surface area contributed by atoms with E-state index in [0.29, 0.717) is 27.4 Å². The highest BCUT2D eigenvalue weighted by Gasteiger charge is 2.36. The van der Waals surface area contributed by atoms with Crippen LogP contribution in [0, 0.1) is 0 Å². The molecule has 1 aliphatic heterocycles. The van der Waals surface area contributed by atoms with Crippen molar-refractivity contribution in [1.29, 1.82) is 0 Å². The first kappa shape index (κ1) is 14.1. The minimum absolute atomic E-state index is 0.0650. The lowest BCUT2D eigenvalue weighted by atomic mass is 10.1. The van der Waals surface area contributed by atoms with Gasteiger partial charge in [0.05, 0.1) is 17.7 Å². The second kappa shape index (κ2) is 5.16. The van der Waals surface area contributed by atoms with Crippen LogP contribution in [-0.2, 0) is 6.54 Å². The smallest absolute Gasteiger partial charge is 0.261 e. The minimum Gasteiger partial charge on any atom is -0.398 e. The number of fused-ring (bicyclic) bond motifs is 1. The van der Waals surface area contributed by atoms with Crippen molar-refractivity contribution in [1.82, 2.24) is 4.90 Å². The van der Waals surface area contributed by atoms with Gasteiger partial charge in [-0.2, -0.15) is 0 Å². The molecular formula is C15H10BrClN2O2. The fraction of sp³-hybridized carbons (Fsp3) is 0.0667. The number of rotatable bonds is 2. The number of benzene rings is 2. The van der Waals surface area contributed by atoms with E-state index in [1.165, 1.54) is 0 Å². The standard InChI is InChI=1S/C15H10BrClN2O2/c16-8-4-5-9-10(6-8)15(21)19(14(9)20)7-11-12(17)2-1-3-13(11)18/h1-6H,7,18H2. The molecule has 0 bridgehead atoms. The third-order valence-electron chi connectivity index (χ3n) is 3.40. The van der Waals surface area contributed by atoms with Crippen molar-refractivity contribution in [3.63, 3.8) is 0 Å². The molecule has 21 heavy (non-hydrogen) atoms. The summed E-state index contributed by atoms with van der Waals surface area (Å²) in [5.74, 6) is -0.669. The molecule has 0 spiro atoms. The van der Waals surface area contributed by atoms with Gasteiger partial charge in [0.25, 0.3) is 11.8 Å². The molecule has 2 aromatic carbocycles. The van der Waals surface area contributed by atoms with Crippen molar-refractivity contribution < 1.29 is 9.59 Å². The molecule has 4 nitrogen and oxygen atoms in total. The van der Waals surface area contributed by atoms with Crippen LogP contribution in [0.1, 0.15) is 26.3 Å². The van der Waals surface area contributed by atoms with Gasteiger partial charge in [0.2, 0.25) is 0 Å². The molecular weight excluding hydrogens is 356 g/mol. The zero-order valence-corrected chi connectivity index (χ0v) is 13.1. The number of hydrogen-bond donors (Lipinski definition) is 1. The monoisotopic (exact) mass is 364 g/mol. The van der Waals surface area contributed by atoms with E-state index in [-0.39, 0.29) is 18.4 Å². The Morgan fingerprint density at radius 2 is 1.81 bits per heavy atom. The van der Waals surface area contributed by atoms with Crippen LogP contribution in [0.5, 0.6) is 0 Å². The highest BCUT2D eigenvalue weighted by Crippen LogP contribution is 2.30. The van der Waals surface area contributed by atoms with Gasteiger partial charge >= 0.3 is 0 Å². The Balaban J connectivity index is 1.99. The topological polar surface area (TPSA) is 63.4 Å². The first-order valence-corrected chi connectivity index (χ1v) is 7.34. The lowest BCUT2D eigenvalue weighted by Crippen LogP contribution is -2.29. The number of hydrogen-bond acceptors (Lipinski definition) is 3. The van der Waals surface area contributed by atoms with E-state index in [1.54, 1.807) is 36.4 Å². The van der Waals surface area contributed by atoms with Crippen LogP contribution in [0.4, 0.5) is 5.69 Å². The van der Waals surface area contributed by atoms with Crippen molar-refractivity contribution in [3.8, 4) is 0 Å². The van der Waals surface area contributed by atoms with Gasteiger partial charge < -0.3 is 5.73 Å². The van der Waals surface area contributed by atoms with E-state index in [0.717, 1.165) is 9.37 Å². The van der Waals surface area contributed by atoms with Gasteiger partial charge in [-0.05, 0) is 30.3 Å². The van der Waals surface area contributed by atoms with Crippen LogP contribution in [0.3, 0.4) is 0 Å². The summed E-state index contributed by atoms with van der Waals surface area (Å²) in [6.07, 6.45) is 0. The molecule has 106 valence electrons. The Morgan fingerprint density at radius 1 is 1.10 bits per heavy atom. The Kier molecular flexibility index (Phi) is 3.47. The zero-order chi connectivity index (χ0) is 15.1. The molecule has 0 atom stereocenters. The van der Waals surface area contributed by atoms with Crippen molar-refractivity contribution in [2.75, 3.05) is 5.73 Å².